The molecule has 3 N–H and O–H groups in total. The summed E-state index contributed by atoms with van der Waals surface area (Å²) < 4.78 is 5.28. The van der Waals surface area contributed by atoms with E-state index < -0.39 is 12.0 Å². The highest BCUT2D eigenvalue weighted by atomic mass is 16.5. The van der Waals surface area contributed by atoms with Crippen molar-refractivity contribution in [2.45, 2.75) is 39.3 Å². The van der Waals surface area contributed by atoms with Crippen molar-refractivity contribution >= 4 is 5.97 Å². The van der Waals surface area contributed by atoms with E-state index in [1.165, 1.54) is 0 Å². The number of phenols is 1. The maximum Gasteiger partial charge on any atom is 0.320 e. The lowest BCUT2D eigenvalue weighted by atomic mass is 10.1. The summed E-state index contributed by atoms with van der Waals surface area (Å²) in [6.45, 7) is 4.69. The second-order valence-electron chi connectivity index (χ2n) is 4.30. The van der Waals surface area contributed by atoms with Gasteiger partial charge < -0.3 is 20.3 Å². The second kappa shape index (κ2) is 7.63. The zero-order valence-corrected chi connectivity index (χ0v) is 11.3. The van der Waals surface area contributed by atoms with Crippen LogP contribution in [0.1, 0.15) is 32.3 Å². The number of aromatic hydroxyl groups is 1. The van der Waals surface area contributed by atoms with Crippen LogP contribution in [-0.4, -0.2) is 28.8 Å². The third-order valence-corrected chi connectivity index (χ3v) is 2.75. The molecule has 0 bridgehead atoms. The van der Waals surface area contributed by atoms with E-state index >= 15 is 0 Å². The summed E-state index contributed by atoms with van der Waals surface area (Å²) in [7, 11) is 0. The van der Waals surface area contributed by atoms with Gasteiger partial charge in [0.05, 0.1) is 6.61 Å². The van der Waals surface area contributed by atoms with Gasteiger partial charge in [-0.3, -0.25) is 4.79 Å². The van der Waals surface area contributed by atoms with E-state index in [9.17, 15) is 9.90 Å². The largest absolute Gasteiger partial charge is 0.504 e. The van der Waals surface area contributed by atoms with Crippen LogP contribution in [0.3, 0.4) is 0 Å². The van der Waals surface area contributed by atoms with Crippen LogP contribution < -0.4 is 10.1 Å². The lowest BCUT2D eigenvalue weighted by molar-refractivity contribution is -0.139. The lowest BCUT2D eigenvalue weighted by Crippen LogP contribution is -2.35. The number of hydrogen-bond acceptors (Lipinski definition) is 4. The molecule has 1 aromatic carbocycles. The summed E-state index contributed by atoms with van der Waals surface area (Å²) in [5, 5.41) is 21.6. The smallest absolute Gasteiger partial charge is 0.320 e. The number of hydrogen-bond donors (Lipinski definition) is 3. The molecule has 0 aliphatic rings. The van der Waals surface area contributed by atoms with Crippen molar-refractivity contribution in [1.82, 2.24) is 5.32 Å². The molecule has 1 rings (SSSR count). The normalized spacial score (nSPS) is 12.1. The van der Waals surface area contributed by atoms with Gasteiger partial charge in [-0.1, -0.05) is 19.4 Å². The number of aliphatic carboxylic acids is 1. The fraction of sp³-hybridized carbons (Fsp3) is 0.500. The topological polar surface area (TPSA) is 78.8 Å². The van der Waals surface area contributed by atoms with Gasteiger partial charge in [0.2, 0.25) is 0 Å². The predicted octanol–water partition coefficient (Wildman–Crippen LogP) is 2.13. The van der Waals surface area contributed by atoms with Gasteiger partial charge in [0, 0.05) is 6.54 Å². The van der Waals surface area contributed by atoms with Crippen molar-refractivity contribution in [2.24, 2.45) is 0 Å². The molecule has 0 fully saturated rings. The predicted molar refractivity (Wildman–Crippen MR) is 72.4 cm³/mol. The molecular weight excluding hydrogens is 246 g/mol. The first-order chi connectivity index (χ1) is 9.08. The van der Waals surface area contributed by atoms with E-state index in [0.29, 0.717) is 25.3 Å². The zero-order valence-electron chi connectivity index (χ0n) is 11.3. The highest BCUT2D eigenvalue weighted by molar-refractivity contribution is 5.73. The number of carbonyl (C=O) groups is 1. The minimum absolute atomic E-state index is 0.0916. The first-order valence-electron chi connectivity index (χ1n) is 6.49. The lowest BCUT2D eigenvalue weighted by Gasteiger charge is -2.14. The maximum atomic E-state index is 11.0. The van der Waals surface area contributed by atoms with Gasteiger partial charge >= 0.3 is 5.97 Å². The van der Waals surface area contributed by atoms with Crippen LogP contribution in [0.15, 0.2) is 18.2 Å². The molecule has 0 heterocycles. The molecule has 0 spiro atoms. The van der Waals surface area contributed by atoms with Crippen LogP contribution in [-0.2, 0) is 11.3 Å². The van der Waals surface area contributed by atoms with E-state index in [-0.39, 0.29) is 5.75 Å². The average Bonchev–Trinajstić information content (AvgIpc) is 2.38. The highest BCUT2D eigenvalue weighted by Gasteiger charge is 2.15. The fourth-order valence-corrected chi connectivity index (χ4v) is 1.78. The van der Waals surface area contributed by atoms with Gasteiger partial charge in [-0.25, -0.2) is 0 Å². The first kappa shape index (κ1) is 15.3. The van der Waals surface area contributed by atoms with E-state index in [1.807, 2.05) is 13.8 Å². The Kier molecular flexibility index (Phi) is 6.15. The van der Waals surface area contributed by atoms with Crippen molar-refractivity contribution in [3.63, 3.8) is 0 Å². The first-order valence-corrected chi connectivity index (χ1v) is 6.49. The zero-order chi connectivity index (χ0) is 14.3. The Morgan fingerprint density at radius 2 is 2.16 bits per heavy atom. The molecule has 0 saturated heterocycles. The van der Waals surface area contributed by atoms with Gasteiger partial charge in [0.25, 0.3) is 0 Å². The molecule has 0 aromatic heterocycles. The molecule has 1 atom stereocenters. The summed E-state index contributed by atoms with van der Waals surface area (Å²) in [6, 6.07) is 4.47. The summed E-state index contributed by atoms with van der Waals surface area (Å²) >= 11 is 0. The van der Waals surface area contributed by atoms with Crippen LogP contribution in [0.25, 0.3) is 0 Å². The minimum Gasteiger partial charge on any atom is -0.504 e. The van der Waals surface area contributed by atoms with Crippen LogP contribution >= 0.6 is 0 Å². The number of nitrogens with one attached hydrogen (secondary N) is 1. The Hall–Kier alpha value is -1.75. The van der Waals surface area contributed by atoms with Crippen LogP contribution in [0, 0.1) is 0 Å². The van der Waals surface area contributed by atoms with Crippen molar-refractivity contribution in [1.29, 1.82) is 0 Å². The SMILES string of the molecule is CCCC(NCc1ccc(O)c(OCC)c1)C(=O)O. The van der Waals surface area contributed by atoms with E-state index in [0.717, 1.165) is 12.0 Å². The van der Waals surface area contributed by atoms with Crippen molar-refractivity contribution in [2.75, 3.05) is 6.61 Å². The fourth-order valence-electron chi connectivity index (χ4n) is 1.78. The molecule has 106 valence electrons. The van der Waals surface area contributed by atoms with Crippen LogP contribution in [0.2, 0.25) is 0 Å². The summed E-state index contributed by atoms with van der Waals surface area (Å²) in [5.74, 6) is -0.330. The Morgan fingerprint density at radius 1 is 1.42 bits per heavy atom. The van der Waals surface area contributed by atoms with Crippen molar-refractivity contribution in [3.05, 3.63) is 23.8 Å². The maximum absolute atomic E-state index is 11.0. The summed E-state index contributed by atoms with van der Waals surface area (Å²) in [4.78, 5) is 11.0. The third-order valence-electron chi connectivity index (χ3n) is 2.75. The molecule has 5 heteroatoms. The Bertz CT molecular complexity index is 420. The number of carboxylic acid groups (broad SMARTS) is 1. The molecule has 0 radical (unpaired) electrons. The summed E-state index contributed by atoms with van der Waals surface area (Å²) in [6.07, 6.45) is 1.40. The quantitative estimate of drug-likeness (QED) is 0.672. The van der Waals surface area contributed by atoms with Crippen molar-refractivity contribution in [3.8, 4) is 11.5 Å². The number of benzene rings is 1. The van der Waals surface area contributed by atoms with Gasteiger partial charge in [0.15, 0.2) is 11.5 Å². The van der Waals surface area contributed by atoms with Crippen LogP contribution in [0.4, 0.5) is 0 Å². The van der Waals surface area contributed by atoms with Gasteiger partial charge in [0.1, 0.15) is 6.04 Å². The number of ether oxygens (including phenoxy) is 1. The van der Waals surface area contributed by atoms with E-state index in [1.54, 1.807) is 18.2 Å². The Morgan fingerprint density at radius 3 is 2.74 bits per heavy atom. The van der Waals surface area contributed by atoms with Gasteiger partial charge in [-0.2, -0.15) is 0 Å². The van der Waals surface area contributed by atoms with Crippen molar-refractivity contribution < 1.29 is 19.7 Å². The van der Waals surface area contributed by atoms with Gasteiger partial charge in [-0.05, 0) is 31.0 Å². The number of phenolic OH excluding ortho intramolecular Hbond substituents is 1. The third kappa shape index (κ3) is 4.79. The molecule has 0 aliphatic carbocycles. The highest BCUT2D eigenvalue weighted by Crippen LogP contribution is 2.26. The monoisotopic (exact) mass is 267 g/mol. The molecule has 1 aromatic rings. The average molecular weight is 267 g/mol. The van der Waals surface area contributed by atoms with E-state index in [4.69, 9.17) is 9.84 Å². The molecule has 19 heavy (non-hydrogen) atoms. The Labute approximate surface area is 113 Å². The second-order valence-corrected chi connectivity index (χ2v) is 4.30. The van der Waals surface area contributed by atoms with E-state index in [2.05, 4.69) is 5.32 Å². The molecule has 5 nitrogen and oxygen atoms in total. The molecule has 0 amide bonds. The number of carboxylic acids is 1. The molecule has 0 aliphatic heterocycles. The molecule has 0 saturated carbocycles. The van der Waals surface area contributed by atoms with Crippen LogP contribution in [0.5, 0.6) is 11.5 Å². The Balaban J connectivity index is 2.66. The molecule has 1 unspecified atom stereocenters. The van der Waals surface area contributed by atoms with Gasteiger partial charge in [-0.15, -0.1) is 0 Å². The number of rotatable bonds is 8. The molecular formula is C14H21NO4. The summed E-state index contributed by atoms with van der Waals surface area (Å²) in [5.41, 5.74) is 0.878. The standard InChI is InChI=1S/C14H21NO4/c1-3-5-11(14(17)18)15-9-10-6-7-12(16)13(8-10)19-4-2/h6-8,11,15-16H,3-5,9H2,1-2H3,(H,17,18). The minimum atomic E-state index is -0.842.